The first-order chi connectivity index (χ1) is 8.53. The lowest BCUT2D eigenvalue weighted by Gasteiger charge is -2.25. The average molecular weight is 269 g/mol. The van der Waals surface area contributed by atoms with Crippen LogP contribution in [0.4, 0.5) is 5.13 Å². The fraction of sp³-hybridized carbons (Fsp3) is 0.692. The summed E-state index contributed by atoms with van der Waals surface area (Å²) in [5.74, 6) is 0.635. The zero-order valence-corrected chi connectivity index (χ0v) is 12.5. The SMILES string of the molecule is CCC(CC)CN(CC)C(=O)c1sc(N)nc1C. The highest BCUT2D eigenvalue weighted by atomic mass is 32.1. The maximum absolute atomic E-state index is 12.4. The van der Waals surface area contributed by atoms with E-state index in [0.29, 0.717) is 15.9 Å². The van der Waals surface area contributed by atoms with Crippen LogP contribution in [0.3, 0.4) is 0 Å². The summed E-state index contributed by atoms with van der Waals surface area (Å²) in [4.78, 5) is 19.1. The monoisotopic (exact) mass is 269 g/mol. The normalized spacial score (nSPS) is 10.9. The van der Waals surface area contributed by atoms with E-state index in [0.717, 1.165) is 31.6 Å². The van der Waals surface area contributed by atoms with Crippen LogP contribution in [0.1, 0.15) is 49.0 Å². The molecule has 102 valence electrons. The lowest BCUT2D eigenvalue weighted by Crippen LogP contribution is -2.35. The van der Waals surface area contributed by atoms with Crippen LogP contribution >= 0.6 is 11.3 Å². The second kappa shape index (κ2) is 6.73. The fourth-order valence-corrected chi connectivity index (χ4v) is 2.77. The molecule has 1 heterocycles. The van der Waals surface area contributed by atoms with Crippen LogP contribution in [0, 0.1) is 12.8 Å². The van der Waals surface area contributed by atoms with E-state index in [2.05, 4.69) is 18.8 Å². The van der Waals surface area contributed by atoms with Crippen LogP contribution < -0.4 is 5.73 Å². The number of carbonyl (C=O) groups excluding carboxylic acids is 1. The van der Waals surface area contributed by atoms with Gasteiger partial charge in [-0.1, -0.05) is 38.0 Å². The number of carbonyl (C=O) groups is 1. The van der Waals surface area contributed by atoms with Gasteiger partial charge in [-0.15, -0.1) is 0 Å². The Morgan fingerprint density at radius 1 is 1.39 bits per heavy atom. The number of nitrogens with zero attached hydrogens (tertiary/aromatic N) is 2. The predicted molar refractivity (Wildman–Crippen MR) is 76.9 cm³/mol. The average Bonchev–Trinajstić information content (AvgIpc) is 2.69. The van der Waals surface area contributed by atoms with E-state index in [1.165, 1.54) is 11.3 Å². The lowest BCUT2D eigenvalue weighted by atomic mass is 10.0. The maximum Gasteiger partial charge on any atom is 0.265 e. The van der Waals surface area contributed by atoms with Crippen molar-refractivity contribution in [3.8, 4) is 0 Å². The van der Waals surface area contributed by atoms with Crippen LogP contribution in [0.15, 0.2) is 0 Å². The number of hydrogen-bond donors (Lipinski definition) is 1. The molecule has 5 heteroatoms. The highest BCUT2D eigenvalue weighted by molar-refractivity contribution is 7.17. The van der Waals surface area contributed by atoms with Gasteiger partial charge in [-0.2, -0.15) is 0 Å². The summed E-state index contributed by atoms with van der Waals surface area (Å²) in [7, 11) is 0. The third-order valence-corrected chi connectivity index (χ3v) is 4.28. The molecule has 0 aliphatic carbocycles. The minimum absolute atomic E-state index is 0.0658. The number of thiazole rings is 1. The Balaban J connectivity index is 2.82. The molecule has 0 bridgehead atoms. The highest BCUT2D eigenvalue weighted by Gasteiger charge is 2.21. The number of hydrogen-bond acceptors (Lipinski definition) is 4. The Bertz CT molecular complexity index is 399. The van der Waals surface area contributed by atoms with Crippen LogP contribution in [0.25, 0.3) is 0 Å². The van der Waals surface area contributed by atoms with E-state index in [1.54, 1.807) is 0 Å². The number of aryl methyl sites for hydroxylation is 1. The molecule has 1 aromatic heterocycles. The molecule has 0 aromatic carbocycles. The Morgan fingerprint density at radius 3 is 2.39 bits per heavy atom. The van der Waals surface area contributed by atoms with E-state index in [1.807, 2.05) is 18.7 Å². The van der Waals surface area contributed by atoms with Crippen molar-refractivity contribution in [2.75, 3.05) is 18.8 Å². The Hall–Kier alpha value is -1.10. The van der Waals surface area contributed by atoms with E-state index in [4.69, 9.17) is 5.73 Å². The smallest absolute Gasteiger partial charge is 0.265 e. The molecule has 1 rings (SSSR count). The molecule has 0 saturated heterocycles. The number of nitrogen functional groups attached to an aromatic ring is 1. The summed E-state index contributed by atoms with van der Waals surface area (Å²) in [6, 6.07) is 0. The van der Waals surface area contributed by atoms with Gasteiger partial charge in [0.2, 0.25) is 0 Å². The molecule has 0 unspecified atom stereocenters. The predicted octanol–water partition coefficient (Wildman–Crippen LogP) is 2.93. The second-order valence-corrected chi connectivity index (χ2v) is 5.52. The van der Waals surface area contributed by atoms with Gasteiger partial charge in [0.05, 0.1) is 5.69 Å². The van der Waals surface area contributed by atoms with Crippen molar-refractivity contribution >= 4 is 22.4 Å². The molecule has 0 atom stereocenters. The van der Waals surface area contributed by atoms with E-state index in [-0.39, 0.29) is 5.91 Å². The summed E-state index contributed by atoms with van der Waals surface area (Å²) >= 11 is 1.28. The van der Waals surface area contributed by atoms with Gasteiger partial charge < -0.3 is 10.6 Å². The van der Waals surface area contributed by atoms with Crippen molar-refractivity contribution in [2.24, 2.45) is 5.92 Å². The van der Waals surface area contributed by atoms with Gasteiger partial charge in [0, 0.05) is 13.1 Å². The molecule has 0 radical (unpaired) electrons. The summed E-state index contributed by atoms with van der Waals surface area (Å²) in [5, 5.41) is 0.467. The quantitative estimate of drug-likeness (QED) is 0.863. The van der Waals surface area contributed by atoms with Gasteiger partial charge >= 0.3 is 0 Å². The summed E-state index contributed by atoms with van der Waals surface area (Å²) in [5.41, 5.74) is 6.39. The first kappa shape index (κ1) is 15.0. The van der Waals surface area contributed by atoms with Gasteiger partial charge in [-0.25, -0.2) is 4.98 Å². The van der Waals surface area contributed by atoms with Gasteiger partial charge in [0.15, 0.2) is 5.13 Å². The van der Waals surface area contributed by atoms with Gasteiger partial charge in [0.25, 0.3) is 5.91 Å². The van der Waals surface area contributed by atoms with E-state index >= 15 is 0 Å². The third kappa shape index (κ3) is 3.45. The molecule has 0 spiro atoms. The maximum atomic E-state index is 12.4. The van der Waals surface area contributed by atoms with Crippen molar-refractivity contribution in [3.63, 3.8) is 0 Å². The highest BCUT2D eigenvalue weighted by Crippen LogP contribution is 2.22. The number of nitrogens with two attached hydrogens (primary N) is 1. The van der Waals surface area contributed by atoms with Gasteiger partial charge in [0.1, 0.15) is 4.88 Å². The van der Waals surface area contributed by atoms with E-state index < -0.39 is 0 Å². The first-order valence-electron chi connectivity index (χ1n) is 6.55. The minimum atomic E-state index is 0.0658. The van der Waals surface area contributed by atoms with Crippen LogP contribution in [-0.4, -0.2) is 28.9 Å². The van der Waals surface area contributed by atoms with Crippen molar-refractivity contribution in [3.05, 3.63) is 10.6 Å². The van der Waals surface area contributed by atoms with Gasteiger partial charge in [-0.3, -0.25) is 4.79 Å². The third-order valence-electron chi connectivity index (χ3n) is 3.31. The molecule has 0 saturated carbocycles. The Labute approximate surface area is 113 Å². The number of aromatic nitrogens is 1. The van der Waals surface area contributed by atoms with Crippen molar-refractivity contribution in [2.45, 2.75) is 40.5 Å². The molecule has 0 aliphatic heterocycles. The molecular weight excluding hydrogens is 246 g/mol. The Kier molecular flexibility index (Phi) is 5.59. The largest absolute Gasteiger partial charge is 0.375 e. The summed E-state index contributed by atoms with van der Waals surface area (Å²) < 4.78 is 0. The van der Waals surface area contributed by atoms with Crippen LogP contribution in [0.2, 0.25) is 0 Å². The topological polar surface area (TPSA) is 59.2 Å². The number of anilines is 1. The summed E-state index contributed by atoms with van der Waals surface area (Å²) in [6.07, 6.45) is 2.20. The summed E-state index contributed by atoms with van der Waals surface area (Å²) in [6.45, 7) is 9.74. The van der Waals surface area contributed by atoms with Gasteiger partial charge in [-0.05, 0) is 19.8 Å². The number of amides is 1. The molecule has 0 fully saturated rings. The lowest BCUT2D eigenvalue weighted by molar-refractivity contribution is 0.0739. The molecule has 18 heavy (non-hydrogen) atoms. The molecule has 1 amide bonds. The molecule has 4 nitrogen and oxygen atoms in total. The fourth-order valence-electron chi connectivity index (χ4n) is 1.97. The molecule has 2 N–H and O–H groups in total. The van der Waals surface area contributed by atoms with Crippen LogP contribution in [0.5, 0.6) is 0 Å². The zero-order valence-electron chi connectivity index (χ0n) is 11.7. The van der Waals surface area contributed by atoms with Crippen LogP contribution in [-0.2, 0) is 0 Å². The molecule has 0 aliphatic rings. The standard InChI is InChI=1S/C13H23N3OS/c1-5-10(6-2)8-16(7-3)12(17)11-9(4)15-13(14)18-11/h10H,5-8H2,1-4H3,(H2,14,15). The van der Waals surface area contributed by atoms with Crippen molar-refractivity contribution in [1.82, 2.24) is 9.88 Å². The Morgan fingerprint density at radius 2 is 2.00 bits per heavy atom. The molecule has 1 aromatic rings. The van der Waals surface area contributed by atoms with Crippen molar-refractivity contribution in [1.29, 1.82) is 0 Å². The number of rotatable bonds is 6. The second-order valence-electron chi connectivity index (χ2n) is 4.49. The first-order valence-corrected chi connectivity index (χ1v) is 7.37. The van der Waals surface area contributed by atoms with E-state index in [9.17, 15) is 4.79 Å². The zero-order chi connectivity index (χ0) is 13.7. The minimum Gasteiger partial charge on any atom is -0.375 e. The molecular formula is C13H23N3OS. The van der Waals surface area contributed by atoms with Crippen molar-refractivity contribution < 1.29 is 4.79 Å².